The number of aromatic nitrogens is 1. The number of amides is 1. The average molecular weight is 340 g/mol. The molecule has 0 spiro atoms. The lowest BCUT2D eigenvalue weighted by Crippen LogP contribution is -2.39. The van der Waals surface area contributed by atoms with Gasteiger partial charge in [-0.1, -0.05) is 11.6 Å². The maximum absolute atomic E-state index is 13.8. The fourth-order valence-corrected chi connectivity index (χ4v) is 3.60. The summed E-state index contributed by atoms with van der Waals surface area (Å²) in [5, 5.41) is 4.11. The molecular weight excluding hydrogens is 322 g/mol. The molecule has 0 fully saturated rings. The van der Waals surface area contributed by atoms with Gasteiger partial charge < -0.3 is 10.3 Å². The van der Waals surface area contributed by atoms with Crippen LogP contribution in [0.4, 0.5) is 8.78 Å². The van der Waals surface area contributed by atoms with Gasteiger partial charge in [0.1, 0.15) is 11.6 Å². The highest BCUT2D eigenvalue weighted by atomic mass is 19.1. The van der Waals surface area contributed by atoms with E-state index < -0.39 is 17.5 Å². The number of fused-ring (bicyclic) bond motifs is 3. The third kappa shape index (κ3) is 2.90. The van der Waals surface area contributed by atoms with Crippen LogP contribution < -0.4 is 5.32 Å². The molecule has 25 heavy (non-hydrogen) atoms. The van der Waals surface area contributed by atoms with Crippen molar-refractivity contribution in [3.63, 3.8) is 0 Å². The SMILES string of the molecule is Cc1ccc2[nH]c3c(c2c1)CCC(NC(=O)c1ccc(F)cc1F)C3. The average Bonchev–Trinajstić information content (AvgIpc) is 2.91. The van der Waals surface area contributed by atoms with Crippen molar-refractivity contribution in [1.82, 2.24) is 10.3 Å². The summed E-state index contributed by atoms with van der Waals surface area (Å²) >= 11 is 0. The van der Waals surface area contributed by atoms with Gasteiger partial charge in [-0.25, -0.2) is 8.78 Å². The van der Waals surface area contributed by atoms with Crippen molar-refractivity contribution in [2.75, 3.05) is 0 Å². The fraction of sp³-hybridized carbons (Fsp3) is 0.250. The Labute approximate surface area is 144 Å². The molecule has 0 aliphatic heterocycles. The Balaban J connectivity index is 1.54. The Bertz CT molecular complexity index is 977. The molecule has 0 saturated heterocycles. The van der Waals surface area contributed by atoms with Gasteiger partial charge in [0.05, 0.1) is 5.56 Å². The first kappa shape index (κ1) is 15.8. The van der Waals surface area contributed by atoms with E-state index in [0.29, 0.717) is 6.42 Å². The van der Waals surface area contributed by atoms with Gasteiger partial charge in [0.2, 0.25) is 0 Å². The molecule has 5 heteroatoms. The van der Waals surface area contributed by atoms with Crippen LogP contribution in [0.15, 0.2) is 36.4 Å². The van der Waals surface area contributed by atoms with E-state index in [0.717, 1.165) is 36.2 Å². The number of carbonyl (C=O) groups is 1. The zero-order valence-corrected chi connectivity index (χ0v) is 13.8. The molecule has 0 bridgehead atoms. The van der Waals surface area contributed by atoms with Crippen LogP contribution in [0, 0.1) is 18.6 Å². The number of H-pyrrole nitrogens is 1. The van der Waals surface area contributed by atoms with Gasteiger partial charge in [0.15, 0.2) is 0 Å². The predicted octanol–water partition coefficient (Wildman–Crippen LogP) is 4.04. The first-order chi connectivity index (χ1) is 12.0. The summed E-state index contributed by atoms with van der Waals surface area (Å²) in [6.45, 7) is 2.07. The van der Waals surface area contributed by atoms with Gasteiger partial charge in [-0.3, -0.25) is 4.79 Å². The molecule has 1 amide bonds. The second-order valence-electron chi connectivity index (χ2n) is 6.67. The van der Waals surface area contributed by atoms with E-state index in [9.17, 15) is 13.6 Å². The molecule has 2 N–H and O–H groups in total. The van der Waals surface area contributed by atoms with Crippen LogP contribution in [0.5, 0.6) is 0 Å². The van der Waals surface area contributed by atoms with Crippen LogP contribution in [0.3, 0.4) is 0 Å². The quantitative estimate of drug-likeness (QED) is 0.726. The van der Waals surface area contributed by atoms with Gasteiger partial charge in [-0.05, 0) is 49.6 Å². The van der Waals surface area contributed by atoms with E-state index in [2.05, 4.69) is 35.4 Å². The number of aryl methyl sites for hydroxylation is 2. The van der Waals surface area contributed by atoms with Gasteiger partial charge in [-0.15, -0.1) is 0 Å². The minimum Gasteiger partial charge on any atom is -0.358 e. The maximum Gasteiger partial charge on any atom is 0.254 e. The Hall–Kier alpha value is -2.69. The lowest BCUT2D eigenvalue weighted by molar-refractivity contribution is 0.0929. The molecule has 128 valence electrons. The summed E-state index contributed by atoms with van der Waals surface area (Å²) in [4.78, 5) is 15.7. The van der Waals surface area contributed by atoms with E-state index in [1.54, 1.807) is 0 Å². The van der Waals surface area contributed by atoms with Gasteiger partial charge in [0, 0.05) is 35.1 Å². The highest BCUT2D eigenvalue weighted by molar-refractivity contribution is 5.94. The van der Waals surface area contributed by atoms with E-state index >= 15 is 0 Å². The largest absolute Gasteiger partial charge is 0.358 e. The minimum atomic E-state index is -0.838. The molecule has 1 unspecified atom stereocenters. The van der Waals surface area contributed by atoms with E-state index in [-0.39, 0.29) is 11.6 Å². The van der Waals surface area contributed by atoms with Gasteiger partial charge in [-0.2, -0.15) is 0 Å². The third-order valence-corrected chi connectivity index (χ3v) is 4.85. The topological polar surface area (TPSA) is 44.9 Å². The Morgan fingerprint density at radius 3 is 2.84 bits per heavy atom. The van der Waals surface area contributed by atoms with Gasteiger partial charge >= 0.3 is 0 Å². The van der Waals surface area contributed by atoms with Crippen LogP contribution in [0.2, 0.25) is 0 Å². The summed E-state index contributed by atoms with van der Waals surface area (Å²) in [7, 11) is 0. The van der Waals surface area contributed by atoms with Crippen molar-refractivity contribution in [2.45, 2.75) is 32.2 Å². The molecule has 2 aromatic carbocycles. The molecule has 1 aliphatic carbocycles. The molecule has 1 aromatic heterocycles. The van der Waals surface area contributed by atoms with E-state index in [1.807, 2.05) is 0 Å². The summed E-state index contributed by atoms with van der Waals surface area (Å²) in [5.74, 6) is -2.03. The normalized spacial score (nSPS) is 16.7. The highest BCUT2D eigenvalue weighted by Crippen LogP contribution is 2.30. The Kier molecular flexibility index (Phi) is 3.79. The molecule has 4 rings (SSSR count). The van der Waals surface area contributed by atoms with Crippen LogP contribution in [0.1, 0.15) is 33.6 Å². The molecule has 1 aliphatic rings. The van der Waals surface area contributed by atoms with Crippen molar-refractivity contribution < 1.29 is 13.6 Å². The monoisotopic (exact) mass is 340 g/mol. The summed E-state index contributed by atoms with van der Waals surface area (Å²) < 4.78 is 26.8. The fourth-order valence-electron chi connectivity index (χ4n) is 3.60. The summed E-state index contributed by atoms with van der Waals surface area (Å²) in [6.07, 6.45) is 2.33. The van der Waals surface area contributed by atoms with Crippen molar-refractivity contribution in [2.24, 2.45) is 0 Å². The standard InChI is InChI=1S/C20H18F2N2O/c1-11-2-7-18-16(8-11)14-6-4-13(10-19(14)24-18)23-20(25)15-5-3-12(21)9-17(15)22/h2-3,5,7-9,13,24H,4,6,10H2,1H3,(H,23,25). The second kappa shape index (κ2) is 5.99. The molecule has 0 saturated carbocycles. The number of aromatic amines is 1. The van der Waals surface area contributed by atoms with Crippen LogP contribution >= 0.6 is 0 Å². The van der Waals surface area contributed by atoms with Crippen LogP contribution in [-0.2, 0) is 12.8 Å². The highest BCUT2D eigenvalue weighted by Gasteiger charge is 2.24. The number of benzene rings is 2. The molecule has 1 atom stereocenters. The third-order valence-electron chi connectivity index (χ3n) is 4.85. The van der Waals surface area contributed by atoms with E-state index in [4.69, 9.17) is 0 Å². The first-order valence-corrected chi connectivity index (χ1v) is 8.37. The summed E-state index contributed by atoms with van der Waals surface area (Å²) in [6, 6.07) is 9.26. The smallest absolute Gasteiger partial charge is 0.254 e. The number of nitrogens with one attached hydrogen (secondary N) is 2. The minimum absolute atomic E-state index is 0.0707. The van der Waals surface area contributed by atoms with Gasteiger partial charge in [0.25, 0.3) is 5.91 Å². The van der Waals surface area contributed by atoms with Crippen LogP contribution in [-0.4, -0.2) is 16.9 Å². The molecule has 3 nitrogen and oxygen atoms in total. The predicted molar refractivity (Wildman–Crippen MR) is 92.7 cm³/mol. The van der Waals surface area contributed by atoms with Crippen molar-refractivity contribution in [3.8, 4) is 0 Å². The molecule has 1 heterocycles. The van der Waals surface area contributed by atoms with Crippen molar-refractivity contribution in [3.05, 3.63) is 70.4 Å². The molecule has 0 radical (unpaired) electrons. The number of hydrogen-bond acceptors (Lipinski definition) is 1. The zero-order valence-electron chi connectivity index (χ0n) is 13.8. The van der Waals surface area contributed by atoms with Crippen molar-refractivity contribution in [1.29, 1.82) is 0 Å². The van der Waals surface area contributed by atoms with E-state index in [1.165, 1.54) is 22.6 Å². The number of hydrogen-bond donors (Lipinski definition) is 2. The molecule has 3 aromatic rings. The first-order valence-electron chi connectivity index (χ1n) is 8.37. The number of halogens is 2. The lowest BCUT2D eigenvalue weighted by atomic mass is 9.91. The molecular formula is C20H18F2N2O. The van der Waals surface area contributed by atoms with Crippen LogP contribution in [0.25, 0.3) is 10.9 Å². The number of carbonyl (C=O) groups excluding carboxylic acids is 1. The van der Waals surface area contributed by atoms with Crippen molar-refractivity contribution >= 4 is 16.8 Å². The Morgan fingerprint density at radius 2 is 2.04 bits per heavy atom. The number of rotatable bonds is 2. The second-order valence-corrected chi connectivity index (χ2v) is 6.67. The lowest BCUT2D eigenvalue weighted by Gasteiger charge is -2.23. The summed E-state index contributed by atoms with van der Waals surface area (Å²) in [5.41, 5.74) is 4.62. The maximum atomic E-state index is 13.8. The zero-order chi connectivity index (χ0) is 17.6. The Morgan fingerprint density at radius 1 is 1.20 bits per heavy atom.